The number of carbonyl (C=O) groups excluding carboxylic acids is 1. The highest BCUT2D eigenvalue weighted by Crippen LogP contribution is 2.65. The number of fused-ring (bicyclic) bond motifs is 3. The Bertz CT molecular complexity index is 1710. The first kappa shape index (κ1) is 29.6. The summed E-state index contributed by atoms with van der Waals surface area (Å²) in [4.78, 5) is 24.2. The highest BCUT2D eigenvalue weighted by Gasteiger charge is 2.65. The van der Waals surface area contributed by atoms with E-state index in [-0.39, 0.29) is 11.8 Å². The van der Waals surface area contributed by atoms with Crippen LogP contribution in [0.4, 0.5) is 18.9 Å². The van der Waals surface area contributed by atoms with Crippen molar-refractivity contribution >= 4 is 40.6 Å². The summed E-state index contributed by atoms with van der Waals surface area (Å²) in [7, 11) is 0. The molecule has 3 aromatic carbocycles. The number of hydrogen-bond acceptors (Lipinski definition) is 5. The van der Waals surface area contributed by atoms with Gasteiger partial charge in [0.1, 0.15) is 0 Å². The lowest BCUT2D eigenvalue weighted by Gasteiger charge is -2.19. The van der Waals surface area contributed by atoms with Gasteiger partial charge in [0.25, 0.3) is 0 Å². The third kappa shape index (κ3) is 5.97. The number of alkyl halides is 3. The molecule has 8 nitrogen and oxygen atoms in total. The molecule has 7 rings (SSSR count). The Labute approximate surface area is 251 Å². The van der Waals surface area contributed by atoms with Crippen molar-refractivity contribution in [2.75, 3.05) is 31.6 Å². The number of hydrogen-bond donors (Lipinski definition) is 3. The Morgan fingerprint density at radius 3 is 2.61 bits per heavy atom. The highest BCUT2D eigenvalue weighted by atomic mass is 19.4. The predicted octanol–water partition coefficient (Wildman–Crippen LogP) is 5.97. The van der Waals surface area contributed by atoms with Gasteiger partial charge in [-0.2, -0.15) is 18.3 Å². The van der Waals surface area contributed by atoms with E-state index in [9.17, 15) is 18.0 Å². The van der Waals surface area contributed by atoms with Crippen molar-refractivity contribution in [1.82, 2.24) is 15.1 Å². The molecular formula is C33H31F3N4O4. The molecule has 0 bridgehead atoms. The number of amides is 1. The number of aliphatic carboxylic acids is 1. The van der Waals surface area contributed by atoms with Gasteiger partial charge < -0.3 is 15.2 Å². The average molecular weight is 605 g/mol. The van der Waals surface area contributed by atoms with Gasteiger partial charge in [-0.05, 0) is 53.3 Å². The fourth-order valence-electron chi connectivity index (χ4n) is 6.08. The van der Waals surface area contributed by atoms with Gasteiger partial charge in [-0.25, -0.2) is 4.79 Å². The van der Waals surface area contributed by atoms with Gasteiger partial charge in [-0.3, -0.25) is 14.8 Å². The molecule has 1 aliphatic carbocycles. The maximum atomic E-state index is 12.9. The average Bonchev–Trinajstić information content (AvgIpc) is 3.63. The lowest BCUT2D eigenvalue weighted by Crippen LogP contribution is -2.25. The molecule has 0 unspecified atom stereocenters. The zero-order valence-electron chi connectivity index (χ0n) is 23.7. The summed E-state index contributed by atoms with van der Waals surface area (Å²) < 4.78 is 37.3. The smallest absolute Gasteiger partial charge is 0.475 e. The zero-order chi connectivity index (χ0) is 30.9. The fourth-order valence-corrected chi connectivity index (χ4v) is 6.08. The normalized spacial score (nSPS) is 21.5. The van der Waals surface area contributed by atoms with E-state index in [1.165, 1.54) is 11.1 Å². The molecule has 1 saturated carbocycles. The third-order valence-electron chi connectivity index (χ3n) is 8.42. The van der Waals surface area contributed by atoms with Crippen LogP contribution in [0.2, 0.25) is 0 Å². The Balaban J connectivity index is 0.000000441. The van der Waals surface area contributed by atoms with Crippen LogP contribution >= 0.6 is 0 Å². The van der Waals surface area contributed by atoms with E-state index in [0.717, 1.165) is 79.1 Å². The summed E-state index contributed by atoms with van der Waals surface area (Å²) >= 11 is 0. The number of aromatic nitrogens is 2. The van der Waals surface area contributed by atoms with Gasteiger partial charge in [0.2, 0.25) is 5.91 Å². The van der Waals surface area contributed by atoms with Crippen molar-refractivity contribution in [2.45, 2.75) is 36.9 Å². The molecule has 4 aromatic rings. The number of rotatable bonds is 5. The molecular weight excluding hydrogens is 573 g/mol. The Morgan fingerprint density at radius 1 is 1.07 bits per heavy atom. The second kappa shape index (κ2) is 11.9. The minimum absolute atomic E-state index is 0.124. The second-order valence-corrected chi connectivity index (χ2v) is 11.3. The van der Waals surface area contributed by atoms with Gasteiger partial charge in [0.05, 0.1) is 23.2 Å². The SMILES string of the molecule is O=C(O)C(F)(F)F.O=C1Nc2ccccc2[C@]12C[C@H]2c1ccc2c(/C=C/c3ccc(CN4CCCOCC4)cc3)n[nH]c2c1. The quantitative estimate of drug-likeness (QED) is 0.259. The molecule has 1 amide bonds. The van der Waals surface area contributed by atoms with Crippen LogP contribution in [-0.4, -0.2) is 64.6 Å². The van der Waals surface area contributed by atoms with Crippen molar-refractivity contribution in [3.8, 4) is 0 Å². The van der Waals surface area contributed by atoms with E-state index in [0.29, 0.717) is 0 Å². The molecule has 0 radical (unpaired) electrons. The number of H-pyrrole nitrogens is 1. The van der Waals surface area contributed by atoms with Crippen LogP contribution in [0.1, 0.15) is 46.7 Å². The molecule has 1 spiro atoms. The number of aromatic amines is 1. The largest absolute Gasteiger partial charge is 0.490 e. The molecule has 3 heterocycles. The maximum absolute atomic E-state index is 12.9. The van der Waals surface area contributed by atoms with Crippen molar-refractivity contribution in [3.05, 3.63) is 94.7 Å². The van der Waals surface area contributed by atoms with Gasteiger partial charge >= 0.3 is 12.1 Å². The van der Waals surface area contributed by atoms with Crippen LogP contribution in [0, 0.1) is 0 Å². The van der Waals surface area contributed by atoms with Crippen molar-refractivity contribution in [1.29, 1.82) is 0 Å². The minimum Gasteiger partial charge on any atom is -0.475 e. The summed E-state index contributed by atoms with van der Waals surface area (Å²) in [6.45, 7) is 4.76. The first-order valence-electron chi connectivity index (χ1n) is 14.4. The van der Waals surface area contributed by atoms with Crippen LogP contribution in [-0.2, 0) is 26.3 Å². The number of carboxylic acids is 1. The Hall–Kier alpha value is -4.48. The van der Waals surface area contributed by atoms with E-state index in [1.54, 1.807) is 0 Å². The number of halogens is 3. The van der Waals surface area contributed by atoms with Gasteiger partial charge in [-0.15, -0.1) is 0 Å². The first-order chi connectivity index (χ1) is 21.1. The molecule has 1 saturated heterocycles. The summed E-state index contributed by atoms with van der Waals surface area (Å²) in [5.41, 5.74) is 7.26. The van der Waals surface area contributed by atoms with E-state index in [1.807, 2.05) is 18.2 Å². The molecule has 2 fully saturated rings. The van der Waals surface area contributed by atoms with E-state index < -0.39 is 17.6 Å². The minimum atomic E-state index is -5.08. The van der Waals surface area contributed by atoms with E-state index in [4.69, 9.17) is 14.6 Å². The van der Waals surface area contributed by atoms with Crippen LogP contribution in [0.25, 0.3) is 23.1 Å². The summed E-state index contributed by atoms with van der Waals surface area (Å²) in [5, 5.41) is 19.1. The number of carboxylic acid groups (broad SMARTS) is 1. The maximum Gasteiger partial charge on any atom is 0.490 e. The van der Waals surface area contributed by atoms with E-state index in [2.05, 4.69) is 81.1 Å². The molecule has 1 aromatic heterocycles. The number of ether oxygens (including phenoxy) is 1. The molecule has 11 heteroatoms. The van der Waals surface area contributed by atoms with Gasteiger partial charge in [0.15, 0.2) is 0 Å². The lowest BCUT2D eigenvalue weighted by molar-refractivity contribution is -0.192. The lowest BCUT2D eigenvalue weighted by atomic mass is 9.92. The highest BCUT2D eigenvalue weighted by molar-refractivity contribution is 6.09. The van der Waals surface area contributed by atoms with Crippen molar-refractivity contribution in [2.24, 2.45) is 0 Å². The molecule has 228 valence electrons. The molecule has 44 heavy (non-hydrogen) atoms. The molecule has 3 aliphatic rings. The monoisotopic (exact) mass is 604 g/mol. The van der Waals surface area contributed by atoms with Crippen LogP contribution in [0.5, 0.6) is 0 Å². The Morgan fingerprint density at radius 2 is 1.84 bits per heavy atom. The second-order valence-electron chi connectivity index (χ2n) is 11.3. The fraction of sp³-hybridized carbons (Fsp3) is 0.303. The molecule has 2 atom stereocenters. The van der Waals surface area contributed by atoms with Crippen molar-refractivity contribution < 1.29 is 32.6 Å². The predicted molar refractivity (Wildman–Crippen MR) is 160 cm³/mol. The first-order valence-corrected chi connectivity index (χ1v) is 14.4. The van der Waals surface area contributed by atoms with Gasteiger partial charge in [-0.1, -0.05) is 60.7 Å². The van der Waals surface area contributed by atoms with Crippen LogP contribution in [0.15, 0.2) is 66.7 Å². The Kier molecular flexibility index (Phi) is 8.00. The number of nitrogens with zero attached hydrogens (tertiary/aromatic N) is 2. The third-order valence-corrected chi connectivity index (χ3v) is 8.42. The van der Waals surface area contributed by atoms with E-state index >= 15 is 0 Å². The summed E-state index contributed by atoms with van der Waals surface area (Å²) in [6, 6.07) is 23.3. The van der Waals surface area contributed by atoms with Gasteiger partial charge in [0, 0.05) is 43.2 Å². The number of carbonyl (C=O) groups is 2. The number of anilines is 1. The standard InChI is InChI=1S/C31H30N4O2.C2HF3O2/c36-30-31(25-4-1-2-5-28(25)32-30)19-26(31)23-11-12-24-27(33-34-29(24)18-23)13-10-21-6-8-22(9-7-21)20-35-14-3-16-37-17-15-35;3-2(4,5)1(6)7/h1-2,4-13,18,26H,3,14-17,19-20H2,(H,32,36)(H,33,34);(H,6,7)/b13-10+;/t26-,31-;/m0./s1. The number of benzene rings is 3. The summed E-state index contributed by atoms with van der Waals surface area (Å²) in [5.74, 6) is -2.44. The molecule has 2 aliphatic heterocycles. The summed E-state index contributed by atoms with van der Waals surface area (Å²) in [6.07, 6.45) is 1.05. The topological polar surface area (TPSA) is 108 Å². The molecule has 3 N–H and O–H groups in total. The van der Waals surface area contributed by atoms with Crippen LogP contribution in [0.3, 0.4) is 0 Å². The van der Waals surface area contributed by atoms with Crippen molar-refractivity contribution in [3.63, 3.8) is 0 Å². The van der Waals surface area contributed by atoms with Crippen LogP contribution < -0.4 is 5.32 Å². The number of nitrogens with one attached hydrogen (secondary N) is 2. The number of para-hydroxylation sites is 1. The zero-order valence-corrected chi connectivity index (χ0v) is 23.7.